The molecule has 2 heterocycles. The number of rotatable bonds is 8. The van der Waals surface area contributed by atoms with Gasteiger partial charge in [-0.3, -0.25) is 19.5 Å². The lowest BCUT2D eigenvalue weighted by Crippen LogP contribution is -2.09. The van der Waals surface area contributed by atoms with E-state index in [1.165, 1.54) is 34.9 Å². The number of esters is 1. The smallest absolute Gasteiger partial charge is 0.416 e. The first kappa shape index (κ1) is 26.9. The van der Waals surface area contributed by atoms with E-state index >= 15 is 0 Å². The third kappa shape index (κ3) is 5.14. The lowest BCUT2D eigenvalue weighted by molar-refractivity contribution is -0.384. The number of Topliss-reactive ketones (excluding diaryl/α,β-unsaturated/α-hetero) is 1. The third-order valence-corrected chi connectivity index (χ3v) is 6.72. The SMILES string of the molecule is CCOC(=O)c1c(C)[nH]c(C(=O)CSc2nc3cc([N+](=O)[O-])ccc3n2-c2cccc(C(F)(F)F)c2)c1C. The van der Waals surface area contributed by atoms with Crippen LogP contribution < -0.4 is 0 Å². The van der Waals surface area contributed by atoms with E-state index in [9.17, 15) is 32.9 Å². The summed E-state index contributed by atoms with van der Waals surface area (Å²) < 4.78 is 46.7. The highest BCUT2D eigenvalue weighted by Crippen LogP contribution is 2.34. The number of non-ortho nitro benzene ring substituents is 1. The highest BCUT2D eigenvalue weighted by Gasteiger charge is 2.31. The molecule has 2 aromatic carbocycles. The van der Waals surface area contributed by atoms with Gasteiger partial charge in [0, 0.05) is 23.5 Å². The van der Waals surface area contributed by atoms with Gasteiger partial charge in [-0.05, 0) is 50.6 Å². The van der Waals surface area contributed by atoms with E-state index in [0.717, 1.165) is 23.9 Å². The van der Waals surface area contributed by atoms with Gasteiger partial charge in [0.1, 0.15) is 0 Å². The van der Waals surface area contributed by atoms with Crippen LogP contribution in [-0.4, -0.2) is 43.6 Å². The van der Waals surface area contributed by atoms with Crippen molar-refractivity contribution in [3.63, 3.8) is 0 Å². The highest BCUT2D eigenvalue weighted by atomic mass is 32.2. The summed E-state index contributed by atoms with van der Waals surface area (Å²) in [5, 5.41) is 11.4. The van der Waals surface area contributed by atoms with Gasteiger partial charge in [-0.15, -0.1) is 0 Å². The van der Waals surface area contributed by atoms with E-state index in [4.69, 9.17) is 4.74 Å². The number of alkyl halides is 3. The van der Waals surface area contributed by atoms with Gasteiger partial charge >= 0.3 is 12.1 Å². The Balaban J connectivity index is 1.73. The summed E-state index contributed by atoms with van der Waals surface area (Å²) in [5.74, 6) is -1.11. The van der Waals surface area contributed by atoms with Crippen LogP contribution in [0.5, 0.6) is 0 Å². The van der Waals surface area contributed by atoms with Gasteiger partial charge in [0.15, 0.2) is 10.9 Å². The fraction of sp³-hybridized carbons (Fsp3) is 0.240. The van der Waals surface area contributed by atoms with Crippen LogP contribution in [0.15, 0.2) is 47.6 Å². The summed E-state index contributed by atoms with van der Waals surface area (Å²) >= 11 is 0.956. The van der Waals surface area contributed by atoms with Crippen LogP contribution >= 0.6 is 11.8 Å². The van der Waals surface area contributed by atoms with E-state index in [0.29, 0.717) is 16.8 Å². The Bertz CT molecular complexity index is 1580. The Morgan fingerprint density at radius 1 is 1.18 bits per heavy atom. The number of ketones is 1. The van der Waals surface area contributed by atoms with Crippen molar-refractivity contribution in [1.29, 1.82) is 0 Å². The molecule has 0 aliphatic heterocycles. The van der Waals surface area contributed by atoms with Gasteiger partial charge in [-0.2, -0.15) is 13.2 Å². The molecule has 0 radical (unpaired) electrons. The summed E-state index contributed by atoms with van der Waals surface area (Å²) in [4.78, 5) is 43.3. The van der Waals surface area contributed by atoms with Gasteiger partial charge < -0.3 is 9.72 Å². The van der Waals surface area contributed by atoms with E-state index in [-0.39, 0.29) is 51.4 Å². The number of aryl methyl sites for hydroxylation is 1. The number of hydrogen-bond acceptors (Lipinski definition) is 7. The number of nitro benzene ring substituents is 1. The number of aromatic nitrogens is 3. The van der Waals surface area contributed by atoms with E-state index in [1.54, 1.807) is 20.8 Å². The summed E-state index contributed by atoms with van der Waals surface area (Å²) in [6.45, 7) is 5.10. The molecule has 4 aromatic rings. The zero-order valence-electron chi connectivity index (χ0n) is 20.4. The zero-order chi connectivity index (χ0) is 27.8. The van der Waals surface area contributed by atoms with Gasteiger partial charge in [0.2, 0.25) is 0 Å². The van der Waals surface area contributed by atoms with Crippen molar-refractivity contribution in [2.45, 2.75) is 32.1 Å². The molecule has 0 atom stereocenters. The summed E-state index contributed by atoms with van der Waals surface area (Å²) in [7, 11) is 0. The number of carbonyl (C=O) groups is 2. The van der Waals surface area contributed by atoms with Crippen LogP contribution in [-0.2, 0) is 10.9 Å². The average molecular weight is 547 g/mol. The lowest BCUT2D eigenvalue weighted by atomic mass is 10.1. The summed E-state index contributed by atoms with van der Waals surface area (Å²) in [6.07, 6.45) is -4.59. The molecule has 4 rings (SSSR count). The number of thioether (sulfide) groups is 1. The number of carbonyl (C=O) groups excluding carboxylic acids is 2. The van der Waals surface area contributed by atoms with E-state index in [2.05, 4.69) is 9.97 Å². The van der Waals surface area contributed by atoms with Gasteiger partial charge in [0.25, 0.3) is 5.69 Å². The van der Waals surface area contributed by atoms with E-state index in [1.807, 2.05) is 0 Å². The largest absolute Gasteiger partial charge is 0.462 e. The first-order valence-electron chi connectivity index (χ1n) is 11.3. The molecule has 0 aliphatic carbocycles. The molecule has 0 aliphatic rings. The van der Waals surface area contributed by atoms with Crippen molar-refractivity contribution in [2.24, 2.45) is 0 Å². The second kappa shape index (κ2) is 10.3. The van der Waals surface area contributed by atoms with Crippen molar-refractivity contribution in [1.82, 2.24) is 14.5 Å². The maximum atomic E-state index is 13.4. The molecular weight excluding hydrogens is 525 g/mol. The first-order valence-corrected chi connectivity index (χ1v) is 12.3. The summed E-state index contributed by atoms with van der Waals surface area (Å²) in [5.41, 5.74) is 0.898. The minimum Gasteiger partial charge on any atom is -0.462 e. The zero-order valence-corrected chi connectivity index (χ0v) is 21.2. The number of halogens is 3. The van der Waals surface area contributed by atoms with Crippen LogP contribution in [0.2, 0.25) is 0 Å². The lowest BCUT2D eigenvalue weighted by Gasteiger charge is -2.12. The molecular formula is C25H21F3N4O5S. The molecule has 1 N–H and O–H groups in total. The molecule has 0 bridgehead atoms. The third-order valence-electron chi connectivity index (χ3n) is 5.78. The van der Waals surface area contributed by atoms with Crippen LogP contribution in [0.25, 0.3) is 16.7 Å². The molecule has 0 fully saturated rings. The van der Waals surface area contributed by atoms with Gasteiger partial charge in [-0.1, -0.05) is 17.8 Å². The molecule has 0 saturated carbocycles. The normalized spacial score (nSPS) is 11.6. The minimum absolute atomic E-state index is 0.127. The van der Waals surface area contributed by atoms with E-state index < -0.39 is 22.6 Å². The molecule has 0 spiro atoms. The Labute approximate surface area is 218 Å². The maximum Gasteiger partial charge on any atom is 0.416 e. The number of imidazole rings is 1. The Hall–Kier alpha value is -4.13. The van der Waals surface area contributed by atoms with Crippen molar-refractivity contribution >= 4 is 40.2 Å². The number of ether oxygens (including phenoxy) is 1. The second-order valence-electron chi connectivity index (χ2n) is 8.27. The monoisotopic (exact) mass is 546 g/mol. The first-order chi connectivity index (χ1) is 17.9. The highest BCUT2D eigenvalue weighted by molar-refractivity contribution is 7.99. The maximum absolute atomic E-state index is 13.4. The standard InChI is InChI=1S/C25H21F3N4O5S/c1-4-37-23(34)21-13(2)22(29-14(21)3)20(33)12-38-24-30-18-11-17(32(35)36)8-9-19(18)31(24)16-7-5-6-15(10-16)25(26,27)28/h5-11,29H,4,12H2,1-3H3. The molecule has 0 saturated heterocycles. The van der Waals surface area contributed by atoms with Crippen molar-refractivity contribution in [3.05, 3.63) is 80.7 Å². The molecule has 0 unspecified atom stereocenters. The number of H-pyrrole nitrogens is 1. The number of hydrogen-bond donors (Lipinski definition) is 1. The molecule has 0 amide bonds. The molecule has 13 heteroatoms. The number of benzene rings is 2. The topological polar surface area (TPSA) is 120 Å². The van der Waals surface area contributed by atoms with Crippen molar-refractivity contribution in [3.8, 4) is 5.69 Å². The number of nitrogens with zero attached hydrogens (tertiary/aromatic N) is 3. The fourth-order valence-electron chi connectivity index (χ4n) is 4.07. The average Bonchev–Trinajstić information content (AvgIpc) is 3.37. The van der Waals surface area contributed by atoms with Crippen LogP contribution in [0.1, 0.15) is 44.6 Å². The van der Waals surface area contributed by atoms with Gasteiger partial charge in [-0.25, -0.2) is 9.78 Å². The Morgan fingerprint density at radius 3 is 2.58 bits per heavy atom. The molecule has 2 aromatic heterocycles. The second-order valence-corrected chi connectivity index (χ2v) is 9.21. The summed E-state index contributed by atoms with van der Waals surface area (Å²) in [6, 6.07) is 8.42. The number of aromatic amines is 1. The molecule has 198 valence electrons. The minimum atomic E-state index is -4.59. The Kier molecular flexibility index (Phi) is 7.31. The number of fused-ring (bicyclic) bond motifs is 1. The quantitative estimate of drug-likeness (QED) is 0.0939. The predicted molar refractivity (Wildman–Crippen MR) is 134 cm³/mol. The van der Waals surface area contributed by atoms with Gasteiger partial charge in [0.05, 0.1) is 45.1 Å². The molecule has 38 heavy (non-hydrogen) atoms. The molecule has 9 nitrogen and oxygen atoms in total. The van der Waals surface area contributed by atoms with Crippen LogP contribution in [0.3, 0.4) is 0 Å². The Morgan fingerprint density at radius 2 is 1.92 bits per heavy atom. The fourth-order valence-corrected chi connectivity index (χ4v) is 4.97. The van der Waals surface area contributed by atoms with Crippen molar-refractivity contribution in [2.75, 3.05) is 12.4 Å². The van der Waals surface area contributed by atoms with Crippen LogP contribution in [0.4, 0.5) is 18.9 Å². The predicted octanol–water partition coefficient (Wildman–Crippen LogP) is 6.05. The number of nitro groups is 1. The van der Waals surface area contributed by atoms with Crippen LogP contribution in [0, 0.1) is 24.0 Å². The van der Waals surface area contributed by atoms with Crippen molar-refractivity contribution < 1.29 is 32.4 Å². The number of nitrogens with one attached hydrogen (secondary N) is 1.